The second kappa shape index (κ2) is 38.5. The minimum Gasteiger partial charge on any atom is -0.462 e. The van der Waals surface area contributed by atoms with Gasteiger partial charge in [0.25, 0.3) is 0 Å². The Hall–Kier alpha value is -0.990. The molecular weight excluding hydrogens is 713 g/mol. The van der Waals surface area contributed by atoms with Crippen molar-refractivity contribution in [3.05, 3.63) is 0 Å². The quantitative estimate of drug-likeness (QED) is 0.0281. The molecule has 55 heavy (non-hydrogen) atoms. The van der Waals surface area contributed by atoms with Crippen LogP contribution in [0.15, 0.2) is 0 Å². The molecule has 0 aliphatic rings. The number of esters is 2. The molecule has 0 fully saturated rings. The van der Waals surface area contributed by atoms with Crippen LogP contribution < -0.4 is 0 Å². The Morgan fingerprint density at radius 1 is 0.491 bits per heavy atom. The number of hydrogen-bond acceptors (Lipinski definition) is 7. The summed E-state index contributed by atoms with van der Waals surface area (Å²) in [5, 5.41) is 0. The average Bonchev–Trinajstić information content (AvgIpc) is 3.13. The number of carbonyl (C=O) groups excluding carboxylic acids is 2. The van der Waals surface area contributed by atoms with Gasteiger partial charge in [-0.05, 0) is 12.8 Å². The van der Waals surface area contributed by atoms with Crippen molar-refractivity contribution in [2.45, 2.75) is 232 Å². The summed E-state index contributed by atoms with van der Waals surface area (Å²) in [5.41, 5.74) is 0. The number of quaternary nitrogens is 1. The smallest absolute Gasteiger partial charge is 0.462 e. The van der Waals surface area contributed by atoms with E-state index in [-0.39, 0.29) is 25.6 Å². The largest absolute Gasteiger partial charge is 0.472 e. The first-order valence-corrected chi connectivity index (χ1v) is 24.8. The molecule has 0 aliphatic carbocycles. The molecule has 0 aromatic carbocycles. The summed E-state index contributed by atoms with van der Waals surface area (Å²) in [6.07, 6.45) is 38.8. The highest BCUT2D eigenvalue weighted by molar-refractivity contribution is 7.47. The first-order chi connectivity index (χ1) is 26.5. The molecular formula is C45H91NO8P+. The van der Waals surface area contributed by atoms with E-state index in [1.807, 2.05) is 21.1 Å². The maximum absolute atomic E-state index is 12.6. The van der Waals surface area contributed by atoms with Crippen LogP contribution >= 0.6 is 7.82 Å². The van der Waals surface area contributed by atoms with E-state index in [1.54, 1.807) is 0 Å². The summed E-state index contributed by atoms with van der Waals surface area (Å²) in [7, 11) is 1.49. The predicted octanol–water partition coefficient (Wildman–Crippen LogP) is 13.2. The first-order valence-electron chi connectivity index (χ1n) is 23.3. The number of hydrogen-bond donors (Lipinski definition) is 1. The van der Waals surface area contributed by atoms with E-state index in [0.29, 0.717) is 23.9 Å². The molecule has 0 rings (SSSR count). The second-order valence-corrected chi connectivity index (χ2v) is 18.6. The number of ether oxygens (including phenoxy) is 2. The molecule has 0 bridgehead atoms. The van der Waals surface area contributed by atoms with E-state index in [9.17, 15) is 19.0 Å². The van der Waals surface area contributed by atoms with Crippen LogP contribution in [0.5, 0.6) is 0 Å². The highest BCUT2D eigenvalue weighted by atomic mass is 31.2. The Balaban J connectivity index is 4.11. The maximum atomic E-state index is 12.6. The summed E-state index contributed by atoms with van der Waals surface area (Å²) in [6, 6.07) is 0. The van der Waals surface area contributed by atoms with E-state index < -0.39 is 26.5 Å². The molecule has 0 heterocycles. The van der Waals surface area contributed by atoms with Gasteiger partial charge in [0.2, 0.25) is 0 Å². The van der Waals surface area contributed by atoms with Gasteiger partial charge in [0.15, 0.2) is 6.10 Å². The Bertz CT molecular complexity index is 912. The summed E-state index contributed by atoms with van der Waals surface area (Å²) in [6.45, 7) is 4.44. The van der Waals surface area contributed by atoms with Crippen LogP contribution in [0.1, 0.15) is 226 Å². The number of carbonyl (C=O) groups is 2. The number of nitrogens with zero attached hydrogens (tertiary/aromatic N) is 1. The zero-order valence-electron chi connectivity index (χ0n) is 36.9. The van der Waals surface area contributed by atoms with Crippen LogP contribution in [-0.4, -0.2) is 74.9 Å². The van der Waals surface area contributed by atoms with Crippen molar-refractivity contribution in [2.75, 3.05) is 47.5 Å². The molecule has 0 radical (unpaired) electrons. The fourth-order valence-corrected chi connectivity index (χ4v) is 7.46. The molecule has 0 aromatic rings. The SMILES string of the molecule is CCCCCCCCCCCCCCCCCCCCCCCCC(=O)OC[C@H](COP(=O)(O)OCC[N+](C)(C)C)OC(=O)CCCCCCCCCCC. The molecule has 1 N–H and O–H groups in total. The molecule has 10 heteroatoms. The summed E-state index contributed by atoms with van der Waals surface area (Å²) < 4.78 is 34.3. The third kappa shape index (κ3) is 42.4. The van der Waals surface area contributed by atoms with Crippen molar-refractivity contribution < 1.29 is 42.1 Å². The van der Waals surface area contributed by atoms with E-state index in [4.69, 9.17) is 18.5 Å². The third-order valence-corrected chi connectivity index (χ3v) is 11.4. The Morgan fingerprint density at radius 3 is 1.16 bits per heavy atom. The molecule has 2 atom stereocenters. The zero-order chi connectivity index (χ0) is 40.7. The van der Waals surface area contributed by atoms with Gasteiger partial charge in [-0.3, -0.25) is 18.6 Å². The fourth-order valence-electron chi connectivity index (χ4n) is 6.72. The second-order valence-electron chi connectivity index (χ2n) is 17.2. The number of unbranched alkanes of at least 4 members (excludes halogenated alkanes) is 29. The van der Waals surface area contributed by atoms with Crippen molar-refractivity contribution >= 4 is 19.8 Å². The molecule has 0 amide bonds. The van der Waals surface area contributed by atoms with E-state index in [1.165, 1.54) is 161 Å². The predicted molar refractivity (Wildman–Crippen MR) is 229 cm³/mol. The summed E-state index contributed by atoms with van der Waals surface area (Å²) >= 11 is 0. The lowest BCUT2D eigenvalue weighted by molar-refractivity contribution is -0.870. The fraction of sp³-hybridized carbons (Fsp3) is 0.956. The highest BCUT2D eigenvalue weighted by Gasteiger charge is 2.27. The molecule has 328 valence electrons. The number of rotatable bonds is 43. The maximum Gasteiger partial charge on any atom is 0.472 e. The molecule has 0 spiro atoms. The van der Waals surface area contributed by atoms with Crippen molar-refractivity contribution in [3.63, 3.8) is 0 Å². The average molecular weight is 805 g/mol. The standard InChI is InChI=1S/C45H90NO8P/c1-6-8-10-12-14-16-17-18-19-20-21-22-23-24-25-26-27-28-30-31-33-35-37-44(47)51-41-43(42-53-55(49,50)52-40-39-46(3,4)5)54-45(48)38-36-34-32-29-15-13-11-9-7-2/h43H,6-42H2,1-5H3/p+1/t43-/m1/s1. The Labute approximate surface area is 340 Å². The molecule has 0 aromatic heterocycles. The van der Waals surface area contributed by atoms with Gasteiger partial charge in [-0.1, -0.05) is 200 Å². The van der Waals surface area contributed by atoms with Gasteiger partial charge in [0.05, 0.1) is 27.7 Å². The van der Waals surface area contributed by atoms with Gasteiger partial charge in [-0.15, -0.1) is 0 Å². The lowest BCUT2D eigenvalue weighted by atomic mass is 10.0. The zero-order valence-corrected chi connectivity index (χ0v) is 37.8. The van der Waals surface area contributed by atoms with Crippen molar-refractivity contribution in [2.24, 2.45) is 0 Å². The van der Waals surface area contributed by atoms with Gasteiger partial charge in [-0.25, -0.2) is 4.57 Å². The lowest BCUT2D eigenvalue weighted by Crippen LogP contribution is -2.37. The lowest BCUT2D eigenvalue weighted by Gasteiger charge is -2.24. The van der Waals surface area contributed by atoms with Crippen LogP contribution in [-0.2, 0) is 32.7 Å². The van der Waals surface area contributed by atoms with Gasteiger partial charge in [0.1, 0.15) is 19.8 Å². The van der Waals surface area contributed by atoms with Gasteiger partial charge in [0, 0.05) is 12.8 Å². The number of likely N-dealkylation sites (N-methyl/N-ethyl adjacent to an activating group) is 1. The number of phosphoric ester groups is 1. The van der Waals surface area contributed by atoms with Crippen LogP contribution in [0.3, 0.4) is 0 Å². The van der Waals surface area contributed by atoms with Crippen LogP contribution in [0.25, 0.3) is 0 Å². The molecule has 0 aliphatic heterocycles. The first kappa shape index (κ1) is 54.0. The Kier molecular flexibility index (Phi) is 37.8. The minimum atomic E-state index is -4.36. The van der Waals surface area contributed by atoms with Crippen molar-refractivity contribution in [1.29, 1.82) is 0 Å². The number of phosphoric acid groups is 1. The van der Waals surface area contributed by atoms with Crippen molar-refractivity contribution in [1.82, 2.24) is 0 Å². The van der Waals surface area contributed by atoms with Crippen molar-refractivity contribution in [3.8, 4) is 0 Å². The molecule has 1 unspecified atom stereocenters. The highest BCUT2D eigenvalue weighted by Crippen LogP contribution is 2.43. The normalized spacial score (nSPS) is 13.5. The summed E-state index contributed by atoms with van der Waals surface area (Å²) in [4.78, 5) is 35.3. The molecule has 0 saturated carbocycles. The van der Waals surface area contributed by atoms with Gasteiger partial charge in [-0.2, -0.15) is 0 Å². The van der Waals surface area contributed by atoms with Gasteiger partial charge >= 0.3 is 19.8 Å². The minimum absolute atomic E-state index is 0.0366. The topological polar surface area (TPSA) is 108 Å². The van der Waals surface area contributed by atoms with Crippen LogP contribution in [0.4, 0.5) is 0 Å². The van der Waals surface area contributed by atoms with E-state index in [0.717, 1.165) is 32.1 Å². The van der Waals surface area contributed by atoms with Crippen LogP contribution in [0.2, 0.25) is 0 Å². The summed E-state index contributed by atoms with van der Waals surface area (Å²) in [5.74, 6) is -0.787. The van der Waals surface area contributed by atoms with Crippen LogP contribution in [0, 0.1) is 0 Å². The Morgan fingerprint density at radius 2 is 0.818 bits per heavy atom. The molecule has 9 nitrogen and oxygen atoms in total. The monoisotopic (exact) mass is 805 g/mol. The van der Waals surface area contributed by atoms with E-state index >= 15 is 0 Å². The third-order valence-electron chi connectivity index (χ3n) is 10.4. The van der Waals surface area contributed by atoms with Gasteiger partial charge < -0.3 is 18.9 Å². The molecule has 0 saturated heterocycles. The van der Waals surface area contributed by atoms with E-state index in [2.05, 4.69) is 13.8 Å².